The quantitative estimate of drug-likeness (QED) is 0.158. The van der Waals surface area contributed by atoms with E-state index in [2.05, 4.69) is 21.3 Å². The lowest BCUT2D eigenvalue weighted by molar-refractivity contribution is -0.129. The standard InChI is InChI=1S/C32H62N4O8/c1-17(2)15-21(33-27(39)23(19(5)6)35-29(41)43-31(9,10)11)25(37)26(38)22(16-18(3)4)34-28(40)24(20(7)8)36-30(42)44-32(12,13)14/h17-26,37-38H,15-16H2,1-14H3,(H,33,39)(H,34,40)(H,35,41)(H,36,42)/t21-,22-,23-,24-,25+,26+/m0/s1. The molecule has 0 aliphatic rings. The number of ether oxygens (including phenoxy) is 2. The van der Waals surface area contributed by atoms with Gasteiger partial charge in [0.15, 0.2) is 0 Å². The summed E-state index contributed by atoms with van der Waals surface area (Å²) in [6.45, 7) is 25.1. The molecule has 0 rings (SSSR count). The lowest BCUT2D eigenvalue weighted by atomic mass is 9.88. The number of amides is 4. The zero-order valence-corrected chi connectivity index (χ0v) is 29.5. The van der Waals surface area contributed by atoms with E-state index in [1.165, 1.54) is 0 Å². The molecular formula is C32H62N4O8. The van der Waals surface area contributed by atoms with Gasteiger partial charge in [-0.3, -0.25) is 9.59 Å². The van der Waals surface area contributed by atoms with E-state index in [1.54, 1.807) is 69.2 Å². The third kappa shape index (κ3) is 16.5. The maximum Gasteiger partial charge on any atom is 0.408 e. The van der Waals surface area contributed by atoms with Crippen molar-refractivity contribution in [3.63, 3.8) is 0 Å². The van der Waals surface area contributed by atoms with Gasteiger partial charge in [0.2, 0.25) is 11.8 Å². The van der Waals surface area contributed by atoms with Crippen molar-refractivity contribution in [2.75, 3.05) is 0 Å². The van der Waals surface area contributed by atoms with Crippen LogP contribution in [0.25, 0.3) is 0 Å². The van der Waals surface area contributed by atoms with Crippen molar-refractivity contribution in [3.8, 4) is 0 Å². The largest absolute Gasteiger partial charge is 0.444 e. The molecule has 6 atom stereocenters. The number of rotatable bonds is 15. The van der Waals surface area contributed by atoms with Gasteiger partial charge in [-0.25, -0.2) is 9.59 Å². The molecule has 0 heterocycles. The van der Waals surface area contributed by atoms with Gasteiger partial charge in [0.25, 0.3) is 0 Å². The fourth-order valence-corrected chi connectivity index (χ4v) is 4.54. The highest BCUT2D eigenvalue weighted by Crippen LogP contribution is 2.19. The Morgan fingerprint density at radius 2 is 0.818 bits per heavy atom. The number of aliphatic hydroxyl groups excluding tert-OH is 2. The molecule has 0 aromatic carbocycles. The van der Waals surface area contributed by atoms with Gasteiger partial charge in [0, 0.05) is 0 Å². The smallest absolute Gasteiger partial charge is 0.408 e. The lowest BCUT2D eigenvalue weighted by Crippen LogP contribution is -2.61. The molecular weight excluding hydrogens is 568 g/mol. The fraction of sp³-hybridized carbons (Fsp3) is 0.875. The van der Waals surface area contributed by atoms with Crippen LogP contribution in [0.15, 0.2) is 0 Å². The zero-order chi connectivity index (χ0) is 34.7. The van der Waals surface area contributed by atoms with Gasteiger partial charge in [0.05, 0.1) is 12.1 Å². The normalized spacial score (nSPS) is 16.5. The maximum absolute atomic E-state index is 13.4. The van der Waals surface area contributed by atoms with Crippen LogP contribution in [0, 0.1) is 23.7 Å². The second-order valence-electron chi connectivity index (χ2n) is 15.2. The summed E-state index contributed by atoms with van der Waals surface area (Å²) in [6, 6.07) is -3.71. The predicted molar refractivity (Wildman–Crippen MR) is 171 cm³/mol. The first-order chi connectivity index (χ1) is 19.8. The van der Waals surface area contributed by atoms with Crippen molar-refractivity contribution in [1.29, 1.82) is 0 Å². The summed E-state index contributed by atoms with van der Waals surface area (Å²) < 4.78 is 10.6. The van der Waals surface area contributed by atoms with Crippen molar-refractivity contribution in [3.05, 3.63) is 0 Å². The topological polar surface area (TPSA) is 175 Å². The molecule has 0 radical (unpaired) electrons. The van der Waals surface area contributed by atoms with Gasteiger partial charge in [-0.05, 0) is 78.1 Å². The first kappa shape index (κ1) is 41.4. The Bertz CT molecular complexity index is 850. The van der Waals surface area contributed by atoms with Crippen LogP contribution < -0.4 is 21.3 Å². The molecule has 0 saturated carbocycles. The highest BCUT2D eigenvalue weighted by Gasteiger charge is 2.38. The second kappa shape index (κ2) is 17.8. The number of hydrogen-bond acceptors (Lipinski definition) is 8. The van der Waals surface area contributed by atoms with E-state index in [9.17, 15) is 29.4 Å². The van der Waals surface area contributed by atoms with E-state index >= 15 is 0 Å². The summed E-state index contributed by atoms with van der Waals surface area (Å²) in [5.74, 6) is -1.62. The Labute approximate surface area is 265 Å². The first-order valence-electron chi connectivity index (χ1n) is 15.8. The molecule has 0 saturated heterocycles. The molecule has 6 N–H and O–H groups in total. The number of aliphatic hydroxyl groups is 2. The minimum atomic E-state index is -1.46. The maximum atomic E-state index is 13.4. The van der Waals surface area contributed by atoms with Crippen molar-refractivity contribution < 1.29 is 38.9 Å². The van der Waals surface area contributed by atoms with E-state index in [1.807, 2.05) is 27.7 Å². The Hall–Kier alpha value is -2.60. The van der Waals surface area contributed by atoms with Crippen molar-refractivity contribution in [2.45, 2.75) is 157 Å². The molecule has 0 fully saturated rings. The van der Waals surface area contributed by atoms with Crippen LogP contribution in [-0.2, 0) is 19.1 Å². The minimum absolute atomic E-state index is 0.0277. The van der Waals surface area contributed by atoms with Crippen LogP contribution in [0.2, 0.25) is 0 Å². The van der Waals surface area contributed by atoms with Gasteiger partial charge in [0.1, 0.15) is 35.5 Å². The Morgan fingerprint density at radius 1 is 0.545 bits per heavy atom. The summed E-state index contributed by atoms with van der Waals surface area (Å²) in [5, 5.41) is 33.7. The monoisotopic (exact) mass is 630 g/mol. The van der Waals surface area contributed by atoms with Gasteiger partial charge >= 0.3 is 12.2 Å². The number of carbonyl (C=O) groups is 4. The van der Waals surface area contributed by atoms with Crippen molar-refractivity contribution in [1.82, 2.24) is 21.3 Å². The average Bonchev–Trinajstić information content (AvgIpc) is 2.80. The summed E-state index contributed by atoms with van der Waals surface area (Å²) in [4.78, 5) is 51.7. The highest BCUT2D eigenvalue weighted by molar-refractivity contribution is 5.87. The predicted octanol–water partition coefficient (Wildman–Crippen LogP) is 3.87. The minimum Gasteiger partial charge on any atom is -0.444 e. The van der Waals surface area contributed by atoms with E-state index in [0.717, 1.165) is 0 Å². The average molecular weight is 631 g/mol. The lowest BCUT2D eigenvalue weighted by Gasteiger charge is -2.36. The van der Waals surface area contributed by atoms with E-state index in [0.29, 0.717) is 12.8 Å². The molecule has 44 heavy (non-hydrogen) atoms. The Kier molecular flexibility index (Phi) is 16.7. The number of hydrogen-bond donors (Lipinski definition) is 6. The van der Waals surface area contributed by atoms with Crippen molar-refractivity contribution in [2.24, 2.45) is 23.7 Å². The molecule has 258 valence electrons. The van der Waals surface area contributed by atoms with Crippen LogP contribution in [0.4, 0.5) is 9.59 Å². The third-order valence-corrected chi connectivity index (χ3v) is 6.52. The highest BCUT2D eigenvalue weighted by atomic mass is 16.6. The molecule has 0 spiro atoms. The fourth-order valence-electron chi connectivity index (χ4n) is 4.54. The Morgan fingerprint density at radius 3 is 1.02 bits per heavy atom. The van der Waals surface area contributed by atoms with Gasteiger partial charge < -0.3 is 41.0 Å². The van der Waals surface area contributed by atoms with Crippen LogP contribution in [-0.4, -0.2) is 81.8 Å². The summed E-state index contributed by atoms with van der Waals surface area (Å²) in [5.41, 5.74) is -1.51. The second-order valence-corrected chi connectivity index (χ2v) is 15.2. The van der Waals surface area contributed by atoms with Crippen LogP contribution >= 0.6 is 0 Å². The van der Waals surface area contributed by atoms with Gasteiger partial charge in [-0.2, -0.15) is 0 Å². The molecule has 0 aliphatic carbocycles. The zero-order valence-electron chi connectivity index (χ0n) is 29.5. The summed E-state index contributed by atoms with van der Waals surface area (Å²) >= 11 is 0. The molecule has 12 heteroatoms. The molecule has 0 aliphatic heterocycles. The van der Waals surface area contributed by atoms with Gasteiger partial charge in [-0.1, -0.05) is 55.4 Å². The Balaban J connectivity index is 6.02. The van der Waals surface area contributed by atoms with Crippen LogP contribution in [0.5, 0.6) is 0 Å². The molecule has 4 amide bonds. The number of alkyl carbamates (subject to hydrolysis) is 2. The van der Waals surface area contributed by atoms with Crippen LogP contribution in [0.1, 0.15) is 110 Å². The summed E-state index contributed by atoms with van der Waals surface area (Å²) in [6.07, 6.45) is -3.78. The number of carbonyl (C=O) groups excluding carboxylic acids is 4. The SMILES string of the molecule is CC(C)C[C@H](NC(=O)[C@@H](NC(=O)OC(C)(C)C)C(C)C)[C@@H](O)[C@H](O)[C@H](CC(C)C)NC(=O)[C@@H](NC(=O)OC(C)(C)C)C(C)C. The third-order valence-electron chi connectivity index (χ3n) is 6.52. The molecule has 12 nitrogen and oxygen atoms in total. The van der Waals surface area contributed by atoms with Crippen molar-refractivity contribution >= 4 is 24.0 Å². The molecule has 0 aromatic rings. The van der Waals surface area contributed by atoms with E-state index in [-0.39, 0.29) is 23.7 Å². The van der Waals surface area contributed by atoms with Gasteiger partial charge in [-0.15, -0.1) is 0 Å². The molecule has 0 bridgehead atoms. The number of nitrogens with one attached hydrogen (secondary N) is 4. The first-order valence-corrected chi connectivity index (χ1v) is 15.8. The van der Waals surface area contributed by atoms with Crippen LogP contribution in [0.3, 0.4) is 0 Å². The molecule has 0 aromatic heterocycles. The van der Waals surface area contributed by atoms with E-state index < -0.39 is 71.6 Å². The van der Waals surface area contributed by atoms with E-state index in [4.69, 9.17) is 9.47 Å². The molecule has 0 unspecified atom stereocenters. The summed E-state index contributed by atoms with van der Waals surface area (Å²) in [7, 11) is 0.